The Morgan fingerprint density at radius 2 is 1.60 bits per heavy atom. The number of ether oxygens (including phenoxy) is 3. The number of aliphatic hydroxyl groups excluding tert-OH is 1. The molecule has 3 amide bonds. The molecule has 0 bridgehead atoms. The minimum absolute atomic E-state index is 0.0211. The van der Waals surface area contributed by atoms with Gasteiger partial charge in [0.05, 0.1) is 49.3 Å². The molecule has 0 aromatic heterocycles. The zero-order chi connectivity index (χ0) is 39.3. The van der Waals surface area contributed by atoms with Crippen LogP contribution in [0.1, 0.15) is 79.7 Å². The molecule has 0 saturated carbocycles. The molecule has 0 radical (unpaired) electrons. The molecule has 1 fully saturated rings. The van der Waals surface area contributed by atoms with Crippen molar-refractivity contribution in [1.82, 2.24) is 20.0 Å². The molecule has 296 valence electrons. The van der Waals surface area contributed by atoms with E-state index in [1.54, 1.807) is 30.9 Å². The molecule has 52 heavy (non-hydrogen) atoms. The van der Waals surface area contributed by atoms with E-state index in [0.717, 1.165) is 18.4 Å². The minimum Gasteiger partial charge on any atom is -0.459 e. The highest BCUT2D eigenvalue weighted by molar-refractivity contribution is 5.90. The third-order valence-corrected chi connectivity index (χ3v) is 10.7. The van der Waals surface area contributed by atoms with Crippen molar-refractivity contribution < 1.29 is 38.5 Å². The Hall–Kier alpha value is -3.06. The van der Waals surface area contributed by atoms with Gasteiger partial charge in [-0.1, -0.05) is 78.3 Å². The van der Waals surface area contributed by atoms with Gasteiger partial charge in [-0.3, -0.25) is 24.1 Å². The molecule has 0 aliphatic carbocycles. The number of methoxy groups -OCH3 is 2. The lowest BCUT2D eigenvalue weighted by atomic mass is 9.89. The number of nitrogens with zero attached hydrogens (tertiary/aromatic N) is 3. The molecule has 9 atom stereocenters. The van der Waals surface area contributed by atoms with Gasteiger partial charge in [-0.2, -0.15) is 0 Å². The Kier molecular flexibility index (Phi) is 18.7. The summed E-state index contributed by atoms with van der Waals surface area (Å²) in [6.07, 6.45) is 0.582. The van der Waals surface area contributed by atoms with Crippen LogP contribution in [0.5, 0.6) is 0 Å². The zero-order valence-electron chi connectivity index (χ0n) is 33.8. The summed E-state index contributed by atoms with van der Waals surface area (Å²) in [5, 5.41) is 13.0. The molecular weight excluding hydrogens is 664 g/mol. The number of benzene rings is 1. The van der Waals surface area contributed by atoms with Crippen molar-refractivity contribution in [2.45, 2.75) is 123 Å². The van der Waals surface area contributed by atoms with Crippen molar-refractivity contribution in [2.24, 2.45) is 23.7 Å². The Balaban J connectivity index is 2.25. The normalized spacial score (nSPS) is 19.5. The minimum atomic E-state index is -0.761. The second kappa shape index (κ2) is 21.6. The number of esters is 1. The number of hydrogen-bond acceptors (Lipinski definition) is 9. The van der Waals surface area contributed by atoms with Crippen LogP contribution in [0.25, 0.3) is 0 Å². The fourth-order valence-electron chi connectivity index (χ4n) is 7.69. The summed E-state index contributed by atoms with van der Waals surface area (Å²) in [6, 6.07) is 7.55. The number of carbonyl (C=O) groups excluding carboxylic acids is 4. The number of aliphatic hydroxyl groups is 1. The second-order valence-corrected chi connectivity index (χ2v) is 15.4. The molecule has 2 rings (SSSR count). The van der Waals surface area contributed by atoms with Crippen molar-refractivity contribution >= 4 is 23.7 Å². The third kappa shape index (κ3) is 12.0. The van der Waals surface area contributed by atoms with Crippen LogP contribution >= 0.6 is 0 Å². The van der Waals surface area contributed by atoms with E-state index in [4.69, 9.17) is 14.2 Å². The van der Waals surface area contributed by atoms with Crippen molar-refractivity contribution in [1.29, 1.82) is 0 Å². The van der Waals surface area contributed by atoms with Crippen LogP contribution in [-0.2, 0) is 39.8 Å². The second-order valence-electron chi connectivity index (χ2n) is 15.4. The first kappa shape index (κ1) is 45.1. The Labute approximate surface area is 312 Å². The fourth-order valence-corrected chi connectivity index (χ4v) is 7.69. The van der Waals surface area contributed by atoms with Gasteiger partial charge in [0.15, 0.2) is 0 Å². The summed E-state index contributed by atoms with van der Waals surface area (Å²) in [6.45, 7) is 13.8. The summed E-state index contributed by atoms with van der Waals surface area (Å²) >= 11 is 0. The van der Waals surface area contributed by atoms with Crippen LogP contribution in [-0.4, -0.2) is 134 Å². The molecule has 1 saturated heterocycles. The number of hydrogen-bond donors (Lipinski definition) is 2. The highest BCUT2D eigenvalue weighted by Crippen LogP contribution is 2.30. The van der Waals surface area contributed by atoms with Gasteiger partial charge in [-0.05, 0) is 57.2 Å². The number of amides is 3. The van der Waals surface area contributed by atoms with Crippen LogP contribution < -0.4 is 5.32 Å². The van der Waals surface area contributed by atoms with E-state index >= 15 is 0 Å². The van der Waals surface area contributed by atoms with E-state index < -0.39 is 48.3 Å². The van der Waals surface area contributed by atoms with Crippen LogP contribution in [0, 0.1) is 23.7 Å². The maximum Gasteiger partial charge on any atom is 0.311 e. The van der Waals surface area contributed by atoms with E-state index in [1.807, 2.05) is 90.9 Å². The molecule has 12 nitrogen and oxygen atoms in total. The number of rotatable bonds is 21. The lowest BCUT2D eigenvalue weighted by molar-refractivity contribution is -0.163. The average Bonchev–Trinajstić information content (AvgIpc) is 3.59. The summed E-state index contributed by atoms with van der Waals surface area (Å²) in [5.41, 5.74) is 0.946. The third-order valence-electron chi connectivity index (χ3n) is 10.7. The topological polar surface area (TPSA) is 138 Å². The molecule has 1 aliphatic heterocycles. The van der Waals surface area contributed by atoms with Crippen molar-refractivity contribution in [3.05, 3.63) is 35.9 Å². The molecule has 0 unspecified atom stereocenters. The molecule has 12 heteroatoms. The standard InChI is InChI=1S/C40H68N4O8/c1-13-27(6)36(43(10)39(48)34(25(2)3)41-38(47)35(26(4)5)42(8)9)32(50-11)23-33(46)44-21-17-20-31(44)37(51-12)28(7)40(49)52-30(24-45)22-29-18-15-14-16-19-29/h14-16,18-19,25-28,30-32,34-37,45H,13,17,20-24H2,1-12H3,(H,41,47)/t27-,28+,30-,31-,32+,34-,35-,36-,37+/m0/s1. The predicted octanol–water partition coefficient (Wildman–Crippen LogP) is 3.78. The molecular formula is C40H68N4O8. The summed E-state index contributed by atoms with van der Waals surface area (Å²) in [4.78, 5) is 60.4. The zero-order valence-corrected chi connectivity index (χ0v) is 33.8. The lowest BCUT2D eigenvalue weighted by Crippen LogP contribution is -2.59. The predicted molar refractivity (Wildman–Crippen MR) is 202 cm³/mol. The summed E-state index contributed by atoms with van der Waals surface area (Å²) in [5.74, 6) is -1.93. The Morgan fingerprint density at radius 1 is 0.962 bits per heavy atom. The summed E-state index contributed by atoms with van der Waals surface area (Å²) in [7, 11) is 8.53. The Bertz CT molecular complexity index is 1250. The van der Waals surface area contributed by atoms with Crippen LogP contribution in [0.2, 0.25) is 0 Å². The van der Waals surface area contributed by atoms with E-state index in [-0.39, 0.29) is 54.5 Å². The first-order valence-electron chi connectivity index (χ1n) is 19.0. The van der Waals surface area contributed by atoms with E-state index in [0.29, 0.717) is 19.4 Å². The quantitative estimate of drug-likeness (QED) is 0.181. The SMILES string of the molecule is CC[C@H](C)[C@@H]([C@@H](CC(=O)N1CCC[C@H]1[C@H](OC)[C@@H](C)C(=O)O[C@H](CO)Cc1ccccc1)OC)N(C)C(=O)[C@@H](NC(=O)[C@H](C(C)C)N(C)C)C(C)C. The van der Waals surface area contributed by atoms with Gasteiger partial charge < -0.3 is 34.4 Å². The molecule has 1 aliphatic rings. The number of nitrogens with one attached hydrogen (secondary N) is 1. The highest BCUT2D eigenvalue weighted by atomic mass is 16.6. The van der Waals surface area contributed by atoms with Gasteiger partial charge in [0.25, 0.3) is 0 Å². The molecule has 1 aromatic rings. The van der Waals surface area contributed by atoms with Gasteiger partial charge >= 0.3 is 5.97 Å². The molecule has 2 N–H and O–H groups in total. The fraction of sp³-hybridized carbons (Fsp3) is 0.750. The van der Waals surface area contributed by atoms with Crippen molar-refractivity contribution in [3.8, 4) is 0 Å². The van der Waals surface area contributed by atoms with Crippen molar-refractivity contribution in [2.75, 3.05) is 48.5 Å². The van der Waals surface area contributed by atoms with Crippen LogP contribution in [0.3, 0.4) is 0 Å². The molecule has 1 aromatic carbocycles. The largest absolute Gasteiger partial charge is 0.459 e. The van der Waals surface area contributed by atoms with Gasteiger partial charge in [0.1, 0.15) is 12.1 Å². The first-order chi connectivity index (χ1) is 24.5. The van der Waals surface area contributed by atoms with Crippen LogP contribution in [0.4, 0.5) is 0 Å². The van der Waals surface area contributed by atoms with Gasteiger partial charge in [0, 0.05) is 34.2 Å². The maximum atomic E-state index is 14.2. The highest BCUT2D eigenvalue weighted by Gasteiger charge is 2.43. The maximum absolute atomic E-state index is 14.2. The molecule has 1 heterocycles. The van der Waals surface area contributed by atoms with E-state index in [2.05, 4.69) is 5.32 Å². The monoisotopic (exact) mass is 733 g/mol. The lowest BCUT2D eigenvalue weighted by Gasteiger charge is -2.41. The van der Waals surface area contributed by atoms with Crippen molar-refractivity contribution in [3.63, 3.8) is 0 Å². The van der Waals surface area contributed by atoms with E-state index in [9.17, 15) is 24.3 Å². The van der Waals surface area contributed by atoms with Gasteiger partial charge in [-0.25, -0.2) is 0 Å². The average molecular weight is 733 g/mol. The number of likely N-dealkylation sites (N-methyl/N-ethyl adjacent to an activating group) is 2. The Morgan fingerprint density at radius 3 is 2.10 bits per heavy atom. The smallest absolute Gasteiger partial charge is 0.311 e. The van der Waals surface area contributed by atoms with Crippen LogP contribution in [0.15, 0.2) is 30.3 Å². The van der Waals surface area contributed by atoms with Gasteiger partial charge in [-0.15, -0.1) is 0 Å². The first-order valence-corrected chi connectivity index (χ1v) is 19.0. The van der Waals surface area contributed by atoms with E-state index in [1.165, 1.54) is 7.11 Å². The number of likely N-dealkylation sites (tertiary alicyclic amines) is 1. The summed E-state index contributed by atoms with van der Waals surface area (Å²) < 4.78 is 17.6. The van der Waals surface area contributed by atoms with Gasteiger partial charge in [0.2, 0.25) is 17.7 Å². The molecule has 0 spiro atoms. The number of carbonyl (C=O) groups is 4.